The zero-order valence-corrected chi connectivity index (χ0v) is 11.8. The zero-order valence-electron chi connectivity index (χ0n) is 11.8. The molecule has 0 aliphatic heterocycles. The monoisotopic (exact) mass is 264 g/mol. The first-order valence-corrected chi connectivity index (χ1v) is 6.93. The zero-order chi connectivity index (χ0) is 14.1. The van der Waals surface area contributed by atoms with E-state index in [1.54, 1.807) is 24.3 Å². The largest absolute Gasteiger partial charge is 0.493 e. The Balaban J connectivity index is 2.24. The quantitative estimate of drug-likeness (QED) is 0.710. The second-order valence-electron chi connectivity index (χ2n) is 4.63. The number of hydrogen-bond donors (Lipinski definition) is 2. The van der Waals surface area contributed by atoms with Crippen LogP contribution >= 0.6 is 0 Å². The summed E-state index contributed by atoms with van der Waals surface area (Å²) in [7, 11) is 0. The van der Waals surface area contributed by atoms with Crippen molar-refractivity contribution in [1.29, 1.82) is 0 Å². The molecule has 0 saturated heterocycles. The second kappa shape index (κ2) is 8.40. The fourth-order valence-corrected chi connectivity index (χ4v) is 1.85. The summed E-state index contributed by atoms with van der Waals surface area (Å²) in [5.74, 6) is 0.790. The van der Waals surface area contributed by atoms with Crippen molar-refractivity contribution < 1.29 is 9.53 Å². The first-order chi connectivity index (χ1) is 9.15. The molecule has 4 nitrogen and oxygen atoms in total. The van der Waals surface area contributed by atoms with Crippen molar-refractivity contribution >= 4 is 11.6 Å². The SMILES string of the molecule is CCCC(CC)NC(=O)CCOc1ccc(N)cc1. The molecule has 0 aliphatic rings. The summed E-state index contributed by atoms with van der Waals surface area (Å²) in [5, 5.41) is 3.02. The minimum absolute atomic E-state index is 0.0516. The maximum Gasteiger partial charge on any atom is 0.223 e. The van der Waals surface area contributed by atoms with Gasteiger partial charge in [-0.1, -0.05) is 20.3 Å². The molecule has 3 N–H and O–H groups in total. The Morgan fingerprint density at radius 3 is 2.58 bits per heavy atom. The van der Waals surface area contributed by atoms with Gasteiger partial charge in [-0.3, -0.25) is 4.79 Å². The van der Waals surface area contributed by atoms with Crippen LogP contribution in [0.2, 0.25) is 0 Å². The van der Waals surface area contributed by atoms with E-state index in [1.165, 1.54) is 0 Å². The minimum Gasteiger partial charge on any atom is -0.493 e. The molecule has 0 fully saturated rings. The Morgan fingerprint density at radius 2 is 2.00 bits per heavy atom. The van der Waals surface area contributed by atoms with E-state index in [0.717, 1.165) is 25.0 Å². The molecule has 1 amide bonds. The third-order valence-corrected chi connectivity index (χ3v) is 2.97. The second-order valence-corrected chi connectivity index (χ2v) is 4.63. The van der Waals surface area contributed by atoms with Gasteiger partial charge in [-0.25, -0.2) is 0 Å². The van der Waals surface area contributed by atoms with Gasteiger partial charge < -0.3 is 15.8 Å². The molecular formula is C15H24N2O2. The molecular weight excluding hydrogens is 240 g/mol. The molecule has 0 saturated carbocycles. The highest BCUT2D eigenvalue weighted by molar-refractivity contribution is 5.76. The molecule has 1 unspecified atom stereocenters. The summed E-state index contributed by atoms with van der Waals surface area (Å²) >= 11 is 0. The molecule has 1 atom stereocenters. The van der Waals surface area contributed by atoms with Crippen LogP contribution in [0.5, 0.6) is 5.75 Å². The summed E-state index contributed by atoms with van der Waals surface area (Å²) < 4.78 is 5.49. The van der Waals surface area contributed by atoms with E-state index in [-0.39, 0.29) is 11.9 Å². The molecule has 1 aromatic carbocycles. The molecule has 19 heavy (non-hydrogen) atoms. The van der Waals surface area contributed by atoms with Crippen LogP contribution < -0.4 is 15.8 Å². The molecule has 0 radical (unpaired) electrons. The Hall–Kier alpha value is -1.71. The van der Waals surface area contributed by atoms with Gasteiger partial charge in [0.1, 0.15) is 5.75 Å². The topological polar surface area (TPSA) is 64.3 Å². The van der Waals surface area contributed by atoms with E-state index >= 15 is 0 Å². The lowest BCUT2D eigenvalue weighted by Crippen LogP contribution is -2.34. The van der Waals surface area contributed by atoms with Crippen LogP contribution in [-0.4, -0.2) is 18.6 Å². The number of ether oxygens (including phenoxy) is 1. The Morgan fingerprint density at radius 1 is 1.32 bits per heavy atom. The lowest BCUT2D eigenvalue weighted by atomic mass is 10.1. The summed E-state index contributed by atoms with van der Waals surface area (Å²) in [5.41, 5.74) is 6.29. The van der Waals surface area contributed by atoms with E-state index in [1.807, 2.05) is 0 Å². The molecule has 4 heteroatoms. The summed E-state index contributed by atoms with van der Waals surface area (Å²) in [6.07, 6.45) is 3.46. The minimum atomic E-state index is 0.0516. The van der Waals surface area contributed by atoms with Crippen molar-refractivity contribution in [1.82, 2.24) is 5.32 Å². The van der Waals surface area contributed by atoms with E-state index < -0.39 is 0 Å². The van der Waals surface area contributed by atoms with Gasteiger partial charge in [-0.05, 0) is 37.1 Å². The lowest BCUT2D eigenvalue weighted by Gasteiger charge is -2.16. The Bertz CT molecular complexity index is 376. The number of amides is 1. The molecule has 0 heterocycles. The van der Waals surface area contributed by atoms with Crippen LogP contribution in [0.3, 0.4) is 0 Å². The first kappa shape index (κ1) is 15.3. The molecule has 0 aliphatic carbocycles. The highest BCUT2D eigenvalue weighted by Crippen LogP contribution is 2.13. The van der Waals surface area contributed by atoms with Gasteiger partial charge in [0.2, 0.25) is 5.91 Å². The number of nitrogen functional groups attached to an aromatic ring is 1. The van der Waals surface area contributed by atoms with Crippen molar-refractivity contribution in [3.8, 4) is 5.75 Å². The Kier molecular flexibility index (Phi) is 6.79. The third-order valence-electron chi connectivity index (χ3n) is 2.97. The third kappa shape index (κ3) is 6.13. The number of rotatable bonds is 8. The fraction of sp³-hybridized carbons (Fsp3) is 0.533. The van der Waals surface area contributed by atoms with Gasteiger partial charge in [0.25, 0.3) is 0 Å². The summed E-state index contributed by atoms with van der Waals surface area (Å²) in [4.78, 5) is 11.7. The van der Waals surface area contributed by atoms with Crippen LogP contribution in [0, 0.1) is 0 Å². The van der Waals surface area contributed by atoms with Gasteiger partial charge in [-0.2, -0.15) is 0 Å². The maximum absolute atomic E-state index is 11.7. The number of carbonyl (C=O) groups is 1. The lowest BCUT2D eigenvalue weighted by molar-refractivity contribution is -0.122. The predicted octanol–water partition coefficient (Wildman–Crippen LogP) is 2.73. The Labute approximate surface area is 115 Å². The number of carbonyl (C=O) groups excluding carboxylic acids is 1. The maximum atomic E-state index is 11.7. The van der Waals surface area contributed by atoms with Gasteiger partial charge in [0.15, 0.2) is 0 Å². The van der Waals surface area contributed by atoms with Crippen molar-refractivity contribution in [3.05, 3.63) is 24.3 Å². The number of anilines is 1. The fourth-order valence-electron chi connectivity index (χ4n) is 1.85. The van der Waals surface area contributed by atoms with Crippen molar-refractivity contribution in [3.63, 3.8) is 0 Å². The molecule has 0 bridgehead atoms. The molecule has 1 rings (SSSR count). The van der Waals surface area contributed by atoms with E-state index in [4.69, 9.17) is 10.5 Å². The standard InChI is InChI=1S/C15H24N2O2/c1-3-5-13(4-2)17-15(18)10-11-19-14-8-6-12(16)7-9-14/h6-9,13H,3-5,10-11,16H2,1-2H3,(H,17,18). The van der Waals surface area contributed by atoms with Crippen LogP contribution in [0.4, 0.5) is 5.69 Å². The number of nitrogens with two attached hydrogens (primary N) is 1. The van der Waals surface area contributed by atoms with E-state index in [9.17, 15) is 4.79 Å². The van der Waals surface area contributed by atoms with Crippen molar-refractivity contribution in [2.24, 2.45) is 0 Å². The van der Waals surface area contributed by atoms with Crippen LogP contribution in [0.1, 0.15) is 39.5 Å². The van der Waals surface area contributed by atoms with E-state index in [0.29, 0.717) is 18.7 Å². The molecule has 0 spiro atoms. The van der Waals surface area contributed by atoms with Crippen molar-refractivity contribution in [2.75, 3.05) is 12.3 Å². The highest BCUT2D eigenvalue weighted by atomic mass is 16.5. The molecule has 0 aromatic heterocycles. The number of benzene rings is 1. The van der Waals surface area contributed by atoms with Gasteiger partial charge in [0.05, 0.1) is 13.0 Å². The predicted molar refractivity (Wildman–Crippen MR) is 78.1 cm³/mol. The smallest absolute Gasteiger partial charge is 0.223 e. The highest BCUT2D eigenvalue weighted by Gasteiger charge is 2.09. The average molecular weight is 264 g/mol. The number of hydrogen-bond acceptors (Lipinski definition) is 3. The van der Waals surface area contributed by atoms with E-state index in [2.05, 4.69) is 19.2 Å². The van der Waals surface area contributed by atoms with Gasteiger partial charge in [0, 0.05) is 11.7 Å². The van der Waals surface area contributed by atoms with Gasteiger partial charge in [-0.15, -0.1) is 0 Å². The van der Waals surface area contributed by atoms with Crippen LogP contribution in [-0.2, 0) is 4.79 Å². The van der Waals surface area contributed by atoms with Crippen LogP contribution in [0.25, 0.3) is 0 Å². The molecule has 106 valence electrons. The molecule has 1 aromatic rings. The number of nitrogens with one attached hydrogen (secondary N) is 1. The summed E-state index contributed by atoms with van der Waals surface area (Å²) in [6, 6.07) is 7.46. The first-order valence-electron chi connectivity index (χ1n) is 6.93. The average Bonchev–Trinajstić information content (AvgIpc) is 2.40. The van der Waals surface area contributed by atoms with Gasteiger partial charge >= 0.3 is 0 Å². The van der Waals surface area contributed by atoms with Crippen molar-refractivity contribution in [2.45, 2.75) is 45.6 Å². The normalized spacial score (nSPS) is 11.9. The summed E-state index contributed by atoms with van der Waals surface area (Å²) in [6.45, 7) is 4.60. The van der Waals surface area contributed by atoms with Crippen LogP contribution in [0.15, 0.2) is 24.3 Å².